The van der Waals surface area contributed by atoms with E-state index in [1.807, 2.05) is 0 Å². The van der Waals surface area contributed by atoms with Crippen LogP contribution in [0, 0.1) is 11.3 Å². The van der Waals surface area contributed by atoms with Gasteiger partial charge in [0.2, 0.25) is 0 Å². The first-order valence-electron chi connectivity index (χ1n) is 8.13. The number of methoxy groups -OCH3 is 1. The summed E-state index contributed by atoms with van der Waals surface area (Å²) >= 11 is 0. The van der Waals surface area contributed by atoms with Crippen molar-refractivity contribution < 1.29 is 4.74 Å². The highest BCUT2D eigenvalue weighted by molar-refractivity contribution is 4.88. The van der Waals surface area contributed by atoms with E-state index in [-0.39, 0.29) is 11.0 Å². The SMILES string of the molecule is COCCN(CC(C)(C)CNC(C)(C)C)C(C)C1CC1. The summed E-state index contributed by atoms with van der Waals surface area (Å²) in [7, 11) is 1.80. The predicted molar refractivity (Wildman–Crippen MR) is 87.2 cm³/mol. The van der Waals surface area contributed by atoms with Crippen LogP contribution in [0.3, 0.4) is 0 Å². The van der Waals surface area contributed by atoms with Crippen LogP contribution in [0.4, 0.5) is 0 Å². The van der Waals surface area contributed by atoms with Crippen molar-refractivity contribution in [3.8, 4) is 0 Å². The van der Waals surface area contributed by atoms with Gasteiger partial charge < -0.3 is 10.1 Å². The maximum absolute atomic E-state index is 5.29. The van der Waals surface area contributed by atoms with E-state index < -0.39 is 0 Å². The molecule has 0 aromatic carbocycles. The first kappa shape index (κ1) is 17.9. The summed E-state index contributed by atoms with van der Waals surface area (Å²) < 4.78 is 5.29. The third-order valence-corrected chi connectivity index (χ3v) is 4.19. The fourth-order valence-electron chi connectivity index (χ4n) is 2.62. The van der Waals surface area contributed by atoms with Crippen LogP contribution in [0.25, 0.3) is 0 Å². The molecule has 1 fully saturated rings. The maximum atomic E-state index is 5.29. The molecule has 1 unspecified atom stereocenters. The molecular weight excluding hydrogens is 248 g/mol. The Bertz CT molecular complexity index is 279. The fourth-order valence-corrected chi connectivity index (χ4v) is 2.62. The second kappa shape index (κ2) is 7.24. The summed E-state index contributed by atoms with van der Waals surface area (Å²) in [5.41, 5.74) is 0.473. The van der Waals surface area contributed by atoms with Crippen LogP contribution >= 0.6 is 0 Å². The maximum Gasteiger partial charge on any atom is 0.0589 e. The van der Waals surface area contributed by atoms with E-state index in [0.717, 1.165) is 32.2 Å². The third-order valence-electron chi connectivity index (χ3n) is 4.19. The summed E-state index contributed by atoms with van der Waals surface area (Å²) in [6.07, 6.45) is 2.82. The molecule has 1 N–H and O–H groups in total. The minimum atomic E-state index is 0.191. The van der Waals surface area contributed by atoms with Gasteiger partial charge in [-0.1, -0.05) is 13.8 Å². The Morgan fingerprint density at radius 2 is 1.80 bits per heavy atom. The second-order valence-corrected chi connectivity index (χ2v) is 8.31. The van der Waals surface area contributed by atoms with Gasteiger partial charge in [-0.25, -0.2) is 0 Å². The van der Waals surface area contributed by atoms with E-state index in [2.05, 4.69) is 51.8 Å². The molecule has 1 saturated carbocycles. The van der Waals surface area contributed by atoms with Crippen molar-refractivity contribution in [1.29, 1.82) is 0 Å². The average Bonchev–Trinajstić information content (AvgIpc) is 3.14. The van der Waals surface area contributed by atoms with Gasteiger partial charge in [-0.15, -0.1) is 0 Å². The largest absolute Gasteiger partial charge is 0.383 e. The number of rotatable bonds is 9. The summed E-state index contributed by atoms with van der Waals surface area (Å²) in [5.74, 6) is 0.915. The van der Waals surface area contributed by atoms with Crippen molar-refractivity contribution in [2.75, 3.05) is 33.4 Å². The normalized spacial score (nSPS) is 18.6. The zero-order valence-electron chi connectivity index (χ0n) is 14.8. The quantitative estimate of drug-likeness (QED) is 0.704. The van der Waals surface area contributed by atoms with Crippen molar-refractivity contribution in [3.05, 3.63) is 0 Å². The molecule has 0 aliphatic heterocycles. The van der Waals surface area contributed by atoms with Crippen molar-refractivity contribution in [1.82, 2.24) is 10.2 Å². The lowest BCUT2D eigenvalue weighted by Gasteiger charge is -2.38. The number of ether oxygens (including phenoxy) is 1. The molecule has 0 aromatic rings. The molecule has 3 nitrogen and oxygen atoms in total. The molecule has 1 rings (SSSR count). The highest BCUT2D eigenvalue weighted by Crippen LogP contribution is 2.36. The minimum absolute atomic E-state index is 0.191. The number of hydrogen-bond acceptors (Lipinski definition) is 3. The van der Waals surface area contributed by atoms with Crippen LogP contribution in [0.1, 0.15) is 54.4 Å². The smallest absolute Gasteiger partial charge is 0.0589 e. The predicted octanol–water partition coefficient (Wildman–Crippen LogP) is 3.15. The van der Waals surface area contributed by atoms with Crippen LogP contribution in [0.5, 0.6) is 0 Å². The molecule has 0 spiro atoms. The fraction of sp³-hybridized carbons (Fsp3) is 1.00. The first-order valence-corrected chi connectivity index (χ1v) is 8.13. The zero-order valence-corrected chi connectivity index (χ0v) is 14.8. The molecule has 0 heterocycles. The van der Waals surface area contributed by atoms with Crippen LogP contribution in [-0.2, 0) is 4.74 Å². The molecule has 0 bridgehead atoms. The standard InChI is InChI=1S/C17H36N2O/c1-14(15-8-9-15)19(10-11-20-7)13-17(5,6)12-18-16(2,3)4/h14-15,18H,8-13H2,1-7H3. The first-order chi connectivity index (χ1) is 9.14. The van der Waals surface area contributed by atoms with Crippen LogP contribution in [-0.4, -0.2) is 49.8 Å². The van der Waals surface area contributed by atoms with Crippen LogP contribution in [0.15, 0.2) is 0 Å². The van der Waals surface area contributed by atoms with Crippen molar-refractivity contribution in [3.63, 3.8) is 0 Å². The summed E-state index contributed by atoms with van der Waals surface area (Å²) in [6.45, 7) is 17.9. The third kappa shape index (κ3) is 7.05. The Labute approximate surface area is 126 Å². The monoisotopic (exact) mass is 284 g/mol. The molecule has 20 heavy (non-hydrogen) atoms. The summed E-state index contributed by atoms with van der Waals surface area (Å²) in [5, 5.41) is 3.65. The van der Waals surface area contributed by atoms with Gasteiger partial charge in [-0.2, -0.15) is 0 Å². The Balaban J connectivity index is 2.52. The van der Waals surface area contributed by atoms with Gasteiger partial charge in [-0.3, -0.25) is 4.90 Å². The Hall–Kier alpha value is -0.120. The molecule has 0 amide bonds. The molecule has 1 atom stereocenters. The van der Waals surface area contributed by atoms with Crippen LogP contribution < -0.4 is 5.32 Å². The molecule has 3 heteroatoms. The van der Waals surface area contributed by atoms with E-state index in [1.165, 1.54) is 12.8 Å². The van der Waals surface area contributed by atoms with Gasteiger partial charge in [0.25, 0.3) is 0 Å². The number of hydrogen-bond donors (Lipinski definition) is 1. The molecule has 1 aliphatic rings. The molecule has 0 saturated heterocycles. The Morgan fingerprint density at radius 1 is 1.20 bits per heavy atom. The van der Waals surface area contributed by atoms with Gasteiger partial charge in [0.1, 0.15) is 0 Å². The molecule has 1 aliphatic carbocycles. The van der Waals surface area contributed by atoms with E-state index in [9.17, 15) is 0 Å². The van der Waals surface area contributed by atoms with Gasteiger partial charge in [0, 0.05) is 38.3 Å². The van der Waals surface area contributed by atoms with Crippen molar-refractivity contribution in [2.24, 2.45) is 11.3 Å². The number of nitrogens with one attached hydrogen (secondary N) is 1. The molecule has 120 valence electrons. The summed E-state index contributed by atoms with van der Waals surface area (Å²) in [6, 6.07) is 0.694. The molecule has 0 aromatic heterocycles. The Morgan fingerprint density at radius 3 is 2.25 bits per heavy atom. The molecule has 0 radical (unpaired) electrons. The Kier molecular flexibility index (Phi) is 6.49. The lowest BCUT2D eigenvalue weighted by molar-refractivity contribution is 0.0807. The number of nitrogens with zero attached hydrogens (tertiary/aromatic N) is 1. The van der Waals surface area contributed by atoms with E-state index in [4.69, 9.17) is 4.74 Å². The van der Waals surface area contributed by atoms with Crippen molar-refractivity contribution >= 4 is 0 Å². The van der Waals surface area contributed by atoms with E-state index in [1.54, 1.807) is 7.11 Å². The lowest BCUT2D eigenvalue weighted by atomic mass is 9.90. The topological polar surface area (TPSA) is 24.5 Å². The van der Waals surface area contributed by atoms with Gasteiger partial charge in [-0.05, 0) is 51.9 Å². The summed E-state index contributed by atoms with van der Waals surface area (Å²) in [4.78, 5) is 2.63. The average molecular weight is 284 g/mol. The second-order valence-electron chi connectivity index (χ2n) is 8.31. The lowest BCUT2D eigenvalue weighted by Crippen LogP contribution is -2.49. The zero-order chi connectivity index (χ0) is 15.4. The molecular formula is C17H36N2O. The van der Waals surface area contributed by atoms with Crippen LogP contribution in [0.2, 0.25) is 0 Å². The highest BCUT2D eigenvalue weighted by Gasteiger charge is 2.34. The van der Waals surface area contributed by atoms with Gasteiger partial charge in [0.05, 0.1) is 6.61 Å². The minimum Gasteiger partial charge on any atom is -0.383 e. The highest BCUT2D eigenvalue weighted by atomic mass is 16.5. The van der Waals surface area contributed by atoms with E-state index >= 15 is 0 Å². The van der Waals surface area contributed by atoms with Gasteiger partial charge >= 0.3 is 0 Å². The van der Waals surface area contributed by atoms with Gasteiger partial charge in [0.15, 0.2) is 0 Å². The van der Waals surface area contributed by atoms with Crippen molar-refractivity contribution in [2.45, 2.75) is 66.0 Å². The van der Waals surface area contributed by atoms with E-state index in [0.29, 0.717) is 6.04 Å².